The minimum atomic E-state index is -1.29. The fraction of sp³-hybridized carbons (Fsp3) is 0.750. The second-order valence-corrected chi connectivity index (χ2v) is 5.28. The Hall–Kier alpha value is -1.83. The molecule has 0 aromatic rings. The number of carbonyl (C=O) groups is 3. The summed E-state index contributed by atoms with van der Waals surface area (Å²) in [6.07, 6.45) is -0.417. The molecule has 3 atom stereocenters. The molecule has 3 amide bonds. The van der Waals surface area contributed by atoms with E-state index in [1.54, 1.807) is 4.90 Å². The fourth-order valence-electron chi connectivity index (χ4n) is 2.21. The Balaban J connectivity index is 2.65. The van der Waals surface area contributed by atoms with Crippen molar-refractivity contribution in [2.24, 2.45) is 5.73 Å². The van der Waals surface area contributed by atoms with E-state index in [0.29, 0.717) is 13.1 Å². The lowest BCUT2D eigenvalue weighted by atomic mass is 10.1. The van der Waals surface area contributed by atoms with Crippen LogP contribution in [0.3, 0.4) is 0 Å². The second-order valence-electron chi connectivity index (χ2n) is 5.28. The van der Waals surface area contributed by atoms with Crippen molar-refractivity contribution in [1.29, 1.82) is 0 Å². The normalized spacial score (nSPS) is 25.1. The van der Waals surface area contributed by atoms with Crippen molar-refractivity contribution in [1.82, 2.24) is 15.1 Å². The molecule has 8 nitrogen and oxygen atoms in total. The van der Waals surface area contributed by atoms with Gasteiger partial charge < -0.3 is 21.1 Å². The van der Waals surface area contributed by atoms with E-state index in [4.69, 9.17) is 10.8 Å². The highest BCUT2D eigenvalue weighted by atomic mass is 16.4. The Kier molecular flexibility index (Phi) is 5.32. The van der Waals surface area contributed by atoms with Crippen molar-refractivity contribution >= 4 is 17.9 Å². The number of urea groups is 1. The molecule has 0 aromatic heterocycles. The number of nitrogens with two attached hydrogens (primary N) is 1. The molecule has 0 saturated carbocycles. The van der Waals surface area contributed by atoms with Crippen LogP contribution < -0.4 is 11.1 Å². The average Bonchev–Trinajstić information content (AvgIpc) is 2.33. The molecule has 1 rings (SSSR count). The van der Waals surface area contributed by atoms with Gasteiger partial charge in [0.25, 0.3) is 0 Å². The monoisotopic (exact) mass is 286 g/mol. The molecule has 20 heavy (non-hydrogen) atoms. The second kappa shape index (κ2) is 6.56. The molecule has 114 valence electrons. The molecule has 0 radical (unpaired) electrons. The summed E-state index contributed by atoms with van der Waals surface area (Å²) in [5, 5.41) is 11.3. The number of carboxylic acids is 1. The molecule has 1 aliphatic heterocycles. The zero-order chi connectivity index (χ0) is 15.4. The topological polar surface area (TPSA) is 116 Å². The first kappa shape index (κ1) is 16.2. The SMILES string of the molecule is CC1CN(C(=O)NC(CC(N)=O)C(=O)O)CC(C)N1C. The number of rotatable bonds is 4. The summed E-state index contributed by atoms with van der Waals surface area (Å²) in [6.45, 7) is 5.01. The van der Waals surface area contributed by atoms with Gasteiger partial charge >= 0.3 is 12.0 Å². The van der Waals surface area contributed by atoms with Crippen molar-refractivity contribution in [3.8, 4) is 0 Å². The Labute approximate surface area is 117 Å². The summed E-state index contributed by atoms with van der Waals surface area (Å²) >= 11 is 0. The van der Waals surface area contributed by atoms with Gasteiger partial charge in [0.1, 0.15) is 6.04 Å². The highest BCUT2D eigenvalue weighted by molar-refractivity contribution is 5.87. The number of piperazine rings is 1. The third kappa shape index (κ3) is 4.09. The summed E-state index contributed by atoms with van der Waals surface area (Å²) < 4.78 is 0. The zero-order valence-corrected chi connectivity index (χ0v) is 12.0. The molecule has 1 heterocycles. The minimum absolute atomic E-state index is 0.184. The first-order valence-electron chi connectivity index (χ1n) is 6.50. The molecule has 8 heteroatoms. The zero-order valence-electron chi connectivity index (χ0n) is 12.0. The summed E-state index contributed by atoms with van der Waals surface area (Å²) in [6, 6.07) is -1.40. The number of primary amides is 1. The number of carboxylic acid groups (broad SMARTS) is 1. The van der Waals surface area contributed by atoms with Crippen molar-refractivity contribution in [3.63, 3.8) is 0 Å². The summed E-state index contributed by atoms with van der Waals surface area (Å²) in [7, 11) is 1.98. The molecule has 0 aliphatic carbocycles. The van der Waals surface area contributed by atoms with E-state index in [2.05, 4.69) is 10.2 Å². The number of carbonyl (C=O) groups excluding carboxylic acids is 2. The third-order valence-electron chi connectivity index (χ3n) is 3.65. The van der Waals surface area contributed by atoms with Crippen LogP contribution in [0.2, 0.25) is 0 Å². The summed E-state index contributed by atoms with van der Waals surface area (Å²) in [5.74, 6) is -2.04. The molecule has 0 aromatic carbocycles. The van der Waals surface area contributed by atoms with Gasteiger partial charge in [0.15, 0.2) is 0 Å². The Bertz CT molecular complexity index is 389. The van der Waals surface area contributed by atoms with Crippen LogP contribution in [0.4, 0.5) is 4.79 Å². The maximum absolute atomic E-state index is 12.1. The largest absolute Gasteiger partial charge is 0.480 e. The van der Waals surface area contributed by atoms with Crippen LogP contribution in [0.1, 0.15) is 20.3 Å². The van der Waals surface area contributed by atoms with Crippen molar-refractivity contribution < 1.29 is 19.5 Å². The van der Waals surface area contributed by atoms with E-state index in [1.807, 2.05) is 20.9 Å². The van der Waals surface area contributed by atoms with Crippen LogP contribution in [0, 0.1) is 0 Å². The molecular weight excluding hydrogens is 264 g/mol. The number of hydrogen-bond acceptors (Lipinski definition) is 4. The van der Waals surface area contributed by atoms with E-state index < -0.39 is 30.4 Å². The highest BCUT2D eigenvalue weighted by Crippen LogP contribution is 2.13. The molecule has 0 bridgehead atoms. The van der Waals surface area contributed by atoms with Gasteiger partial charge in [0.05, 0.1) is 6.42 Å². The van der Waals surface area contributed by atoms with E-state index in [-0.39, 0.29) is 12.1 Å². The van der Waals surface area contributed by atoms with Gasteiger partial charge in [-0.1, -0.05) is 0 Å². The molecule has 0 spiro atoms. The summed E-state index contributed by atoms with van der Waals surface area (Å²) in [5.41, 5.74) is 4.97. The van der Waals surface area contributed by atoms with Gasteiger partial charge in [-0.15, -0.1) is 0 Å². The van der Waals surface area contributed by atoms with Gasteiger partial charge in [-0.3, -0.25) is 9.69 Å². The van der Waals surface area contributed by atoms with Crippen LogP contribution in [0.5, 0.6) is 0 Å². The molecule has 1 fully saturated rings. The predicted octanol–water partition coefficient (Wildman–Crippen LogP) is -0.951. The van der Waals surface area contributed by atoms with Crippen molar-refractivity contribution in [3.05, 3.63) is 0 Å². The van der Waals surface area contributed by atoms with Crippen LogP contribution in [-0.2, 0) is 9.59 Å². The molecule has 1 saturated heterocycles. The van der Waals surface area contributed by atoms with Crippen molar-refractivity contribution in [2.75, 3.05) is 20.1 Å². The number of nitrogens with zero attached hydrogens (tertiary/aromatic N) is 2. The lowest BCUT2D eigenvalue weighted by Gasteiger charge is -2.42. The first-order chi connectivity index (χ1) is 9.22. The smallest absolute Gasteiger partial charge is 0.326 e. The number of hydrogen-bond donors (Lipinski definition) is 3. The minimum Gasteiger partial charge on any atom is -0.480 e. The van der Waals surface area contributed by atoms with Crippen LogP contribution in [-0.4, -0.2) is 71.1 Å². The van der Waals surface area contributed by atoms with E-state index in [1.165, 1.54) is 0 Å². The van der Waals surface area contributed by atoms with Gasteiger partial charge in [0, 0.05) is 25.2 Å². The Morgan fingerprint density at radius 2 is 1.80 bits per heavy atom. The predicted molar refractivity (Wildman–Crippen MR) is 72.0 cm³/mol. The maximum atomic E-state index is 12.1. The van der Waals surface area contributed by atoms with Gasteiger partial charge in [0.2, 0.25) is 5.91 Å². The van der Waals surface area contributed by atoms with Gasteiger partial charge in [-0.25, -0.2) is 9.59 Å². The Morgan fingerprint density at radius 3 is 2.20 bits per heavy atom. The third-order valence-corrected chi connectivity index (χ3v) is 3.65. The van der Waals surface area contributed by atoms with E-state index in [9.17, 15) is 14.4 Å². The quantitative estimate of drug-likeness (QED) is 0.616. The van der Waals surface area contributed by atoms with E-state index in [0.717, 1.165) is 0 Å². The van der Waals surface area contributed by atoms with Gasteiger partial charge in [-0.2, -0.15) is 0 Å². The molecule has 1 aliphatic rings. The lowest BCUT2D eigenvalue weighted by molar-refractivity contribution is -0.141. The van der Waals surface area contributed by atoms with E-state index >= 15 is 0 Å². The number of aliphatic carboxylic acids is 1. The average molecular weight is 286 g/mol. The summed E-state index contributed by atoms with van der Waals surface area (Å²) in [4.78, 5) is 37.6. The number of likely N-dealkylation sites (N-methyl/N-ethyl adjacent to an activating group) is 1. The molecule has 4 N–H and O–H groups in total. The first-order valence-corrected chi connectivity index (χ1v) is 6.50. The Morgan fingerprint density at radius 1 is 1.30 bits per heavy atom. The van der Waals surface area contributed by atoms with Crippen LogP contribution in [0.25, 0.3) is 0 Å². The number of amides is 3. The standard InChI is InChI=1S/C12H22N4O4/c1-7-5-16(6-8(2)15(7)3)12(20)14-9(11(18)19)4-10(13)17/h7-9H,4-6H2,1-3H3,(H2,13,17)(H,14,20)(H,18,19). The van der Waals surface area contributed by atoms with Crippen molar-refractivity contribution in [2.45, 2.75) is 38.4 Å². The lowest BCUT2D eigenvalue weighted by Crippen LogP contribution is -2.60. The molecular formula is C12H22N4O4. The van der Waals surface area contributed by atoms with Crippen LogP contribution in [0.15, 0.2) is 0 Å². The number of nitrogens with one attached hydrogen (secondary N) is 1. The molecule has 3 unspecified atom stereocenters. The highest BCUT2D eigenvalue weighted by Gasteiger charge is 2.31. The van der Waals surface area contributed by atoms with Crippen LogP contribution >= 0.6 is 0 Å². The van der Waals surface area contributed by atoms with Gasteiger partial charge in [-0.05, 0) is 20.9 Å². The fourth-order valence-corrected chi connectivity index (χ4v) is 2.21. The maximum Gasteiger partial charge on any atom is 0.326 e.